The van der Waals surface area contributed by atoms with Crippen LogP contribution in [-0.2, 0) is 16.1 Å². The Morgan fingerprint density at radius 3 is 2.87 bits per heavy atom. The largest absolute Gasteiger partial charge is 0.366 e. The van der Waals surface area contributed by atoms with Gasteiger partial charge in [-0.2, -0.15) is 0 Å². The number of carbonyl (C=O) groups excluding carboxylic acids is 1. The third-order valence-electron chi connectivity index (χ3n) is 2.65. The minimum atomic E-state index is -0.315. The van der Waals surface area contributed by atoms with Crippen molar-refractivity contribution >= 4 is 5.78 Å². The second kappa shape index (κ2) is 4.53. The highest BCUT2D eigenvalue weighted by Crippen LogP contribution is 2.19. The molecule has 1 fully saturated rings. The summed E-state index contributed by atoms with van der Waals surface area (Å²) in [5.41, 5.74) is 0.511. The normalized spacial score (nSPS) is 20.9. The van der Waals surface area contributed by atoms with Gasteiger partial charge in [0.15, 0.2) is 5.78 Å². The van der Waals surface area contributed by atoms with Crippen LogP contribution in [0.3, 0.4) is 0 Å². The van der Waals surface area contributed by atoms with Crippen LogP contribution in [0.4, 0.5) is 4.39 Å². The second-order valence-corrected chi connectivity index (χ2v) is 3.75. The number of benzene rings is 1. The fourth-order valence-electron chi connectivity index (χ4n) is 1.77. The monoisotopic (exact) mass is 208 g/mol. The Labute approximate surface area is 88.1 Å². The minimum Gasteiger partial charge on any atom is -0.366 e. The molecule has 1 aromatic carbocycles. The average Bonchev–Trinajstić information content (AvgIpc) is 2.63. The first-order valence-electron chi connectivity index (χ1n) is 5.15. The van der Waals surface area contributed by atoms with Gasteiger partial charge < -0.3 is 4.74 Å². The number of hydrogen-bond donors (Lipinski definition) is 0. The molecule has 80 valence electrons. The quantitative estimate of drug-likeness (QED) is 0.762. The van der Waals surface area contributed by atoms with Gasteiger partial charge in [0.2, 0.25) is 0 Å². The topological polar surface area (TPSA) is 26.3 Å². The molecule has 15 heavy (non-hydrogen) atoms. The Balaban J connectivity index is 1.93. The standard InChI is InChI=1S/C12H13FO2/c13-10-5-2-1-4-9(10)8-15-12-7-3-6-11(12)14/h1-2,4-5,12H,3,6-8H2. The average molecular weight is 208 g/mol. The fourth-order valence-corrected chi connectivity index (χ4v) is 1.77. The molecule has 0 amide bonds. The molecular weight excluding hydrogens is 195 g/mol. The van der Waals surface area contributed by atoms with Crippen LogP contribution in [0.5, 0.6) is 0 Å². The van der Waals surface area contributed by atoms with Gasteiger partial charge in [0, 0.05) is 12.0 Å². The van der Waals surface area contributed by atoms with Crippen LogP contribution in [0, 0.1) is 5.82 Å². The van der Waals surface area contributed by atoms with Crippen molar-refractivity contribution in [3.05, 3.63) is 35.6 Å². The maximum atomic E-state index is 13.2. The Kier molecular flexibility index (Phi) is 3.11. The highest BCUT2D eigenvalue weighted by Gasteiger charge is 2.24. The lowest BCUT2D eigenvalue weighted by molar-refractivity contribution is -0.128. The van der Waals surface area contributed by atoms with E-state index in [1.807, 2.05) is 0 Å². The van der Waals surface area contributed by atoms with Crippen molar-refractivity contribution in [1.82, 2.24) is 0 Å². The lowest BCUT2D eigenvalue weighted by atomic mass is 10.2. The zero-order valence-corrected chi connectivity index (χ0v) is 8.41. The fraction of sp³-hybridized carbons (Fsp3) is 0.417. The van der Waals surface area contributed by atoms with Crippen molar-refractivity contribution in [2.45, 2.75) is 32.0 Å². The molecule has 1 atom stereocenters. The molecule has 3 heteroatoms. The molecule has 1 aromatic rings. The third-order valence-corrected chi connectivity index (χ3v) is 2.65. The summed E-state index contributed by atoms with van der Waals surface area (Å²) in [5, 5.41) is 0. The molecule has 1 aliphatic rings. The van der Waals surface area contributed by atoms with Gasteiger partial charge in [-0.15, -0.1) is 0 Å². The van der Waals surface area contributed by atoms with E-state index in [-0.39, 0.29) is 24.3 Å². The SMILES string of the molecule is O=C1CCCC1OCc1ccccc1F. The number of Topliss-reactive ketones (excluding diaryl/α,β-unsaturated/α-hetero) is 1. The number of halogens is 1. The van der Waals surface area contributed by atoms with Gasteiger partial charge in [-0.05, 0) is 18.9 Å². The van der Waals surface area contributed by atoms with Gasteiger partial charge in [0.1, 0.15) is 11.9 Å². The Morgan fingerprint density at radius 2 is 2.20 bits per heavy atom. The van der Waals surface area contributed by atoms with E-state index in [9.17, 15) is 9.18 Å². The van der Waals surface area contributed by atoms with Crippen LogP contribution in [-0.4, -0.2) is 11.9 Å². The minimum absolute atomic E-state index is 0.145. The summed E-state index contributed by atoms with van der Waals surface area (Å²) >= 11 is 0. The molecule has 2 nitrogen and oxygen atoms in total. The Hall–Kier alpha value is -1.22. The molecule has 0 N–H and O–H groups in total. The second-order valence-electron chi connectivity index (χ2n) is 3.75. The van der Waals surface area contributed by atoms with E-state index >= 15 is 0 Å². The lowest BCUT2D eigenvalue weighted by Gasteiger charge is -2.10. The summed E-state index contributed by atoms with van der Waals surface area (Å²) in [6, 6.07) is 6.47. The number of hydrogen-bond acceptors (Lipinski definition) is 2. The van der Waals surface area contributed by atoms with E-state index in [4.69, 9.17) is 4.74 Å². The number of carbonyl (C=O) groups is 1. The van der Waals surface area contributed by atoms with E-state index in [1.165, 1.54) is 6.07 Å². The molecule has 1 unspecified atom stereocenters. The van der Waals surface area contributed by atoms with Gasteiger partial charge >= 0.3 is 0 Å². The van der Waals surface area contributed by atoms with Crippen molar-refractivity contribution in [1.29, 1.82) is 0 Å². The van der Waals surface area contributed by atoms with Gasteiger partial charge in [0.25, 0.3) is 0 Å². The molecule has 1 saturated carbocycles. The first-order chi connectivity index (χ1) is 7.27. The Morgan fingerprint density at radius 1 is 1.40 bits per heavy atom. The maximum Gasteiger partial charge on any atom is 0.161 e. The highest BCUT2D eigenvalue weighted by molar-refractivity contribution is 5.84. The molecular formula is C12H13FO2. The van der Waals surface area contributed by atoms with E-state index in [1.54, 1.807) is 18.2 Å². The summed E-state index contributed by atoms with van der Waals surface area (Å²) in [6.45, 7) is 0.184. The lowest BCUT2D eigenvalue weighted by Crippen LogP contribution is -2.17. The van der Waals surface area contributed by atoms with E-state index in [0.29, 0.717) is 12.0 Å². The van der Waals surface area contributed by atoms with E-state index in [0.717, 1.165) is 12.8 Å². The summed E-state index contributed by atoms with van der Waals surface area (Å²) in [5.74, 6) is -0.130. The Bertz CT molecular complexity index is 362. The predicted molar refractivity (Wildman–Crippen MR) is 53.8 cm³/mol. The molecule has 0 heterocycles. The van der Waals surface area contributed by atoms with Crippen molar-refractivity contribution in [2.75, 3.05) is 0 Å². The number of ketones is 1. The van der Waals surface area contributed by atoms with Gasteiger partial charge in [-0.3, -0.25) is 4.79 Å². The van der Waals surface area contributed by atoms with Crippen LogP contribution in [0.1, 0.15) is 24.8 Å². The van der Waals surface area contributed by atoms with E-state index in [2.05, 4.69) is 0 Å². The van der Waals surface area contributed by atoms with Crippen LogP contribution in [0.2, 0.25) is 0 Å². The smallest absolute Gasteiger partial charge is 0.161 e. The number of rotatable bonds is 3. The molecule has 0 radical (unpaired) electrons. The molecule has 0 bridgehead atoms. The van der Waals surface area contributed by atoms with Crippen LogP contribution in [0.25, 0.3) is 0 Å². The van der Waals surface area contributed by atoms with Crippen LogP contribution in [0.15, 0.2) is 24.3 Å². The molecule has 0 aliphatic heterocycles. The number of ether oxygens (including phenoxy) is 1. The summed E-state index contributed by atoms with van der Waals surface area (Å²) in [7, 11) is 0. The zero-order chi connectivity index (χ0) is 10.7. The van der Waals surface area contributed by atoms with Crippen molar-refractivity contribution in [2.24, 2.45) is 0 Å². The summed E-state index contributed by atoms with van der Waals surface area (Å²) in [6.07, 6.45) is 1.94. The van der Waals surface area contributed by atoms with Crippen LogP contribution < -0.4 is 0 Å². The first-order valence-corrected chi connectivity index (χ1v) is 5.15. The third kappa shape index (κ3) is 2.42. The summed E-state index contributed by atoms with van der Waals surface area (Å²) < 4.78 is 18.6. The highest BCUT2D eigenvalue weighted by atomic mass is 19.1. The first kappa shape index (κ1) is 10.3. The molecule has 0 aromatic heterocycles. The molecule has 2 rings (SSSR count). The zero-order valence-electron chi connectivity index (χ0n) is 8.41. The molecule has 0 spiro atoms. The van der Waals surface area contributed by atoms with Crippen LogP contribution >= 0.6 is 0 Å². The predicted octanol–water partition coefficient (Wildman–Crippen LogP) is 2.46. The van der Waals surface area contributed by atoms with Crippen molar-refractivity contribution < 1.29 is 13.9 Å². The van der Waals surface area contributed by atoms with Crippen molar-refractivity contribution in [3.63, 3.8) is 0 Å². The maximum absolute atomic E-state index is 13.2. The van der Waals surface area contributed by atoms with Gasteiger partial charge in [-0.25, -0.2) is 4.39 Å². The van der Waals surface area contributed by atoms with Gasteiger partial charge in [-0.1, -0.05) is 18.2 Å². The molecule has 0 saturated heterocycles. The van der Waals surface area contributed by atoms with E-state index < -0.39 is 0 Å². The molecule has 1 aliphatic carbocycles. The van der Waals surface area contributed by atoms with Gasteiger partial charge in [0.05, 0.1) is 6.61 Å². The van der Waals surface area contributed by atoms with Crippen molar-refractivity contribution in [3.8, 4) is 0 Å². The summed E-state index contributed by atoms with van der Waals surface area (Å²) in [4.78, 5) is 11.3.